The Morgan fingerprint density at radius 3 is 1.77 bits per heavy atom. The first-order valence-corrected chi connectivity index (χ1v) is 9.98. The maximum Gasteiger partial charge on any atom is 0.0889 e. The van der Waals surface area contributed by atoms with Crippen molar-refractivity contribution in [3.8, 4) is 22.8 Å². The highest BCUT2D eigenvalue weighted by Gasteiger charge is 2.23. The van der Waals surface area contributed by atoms with Crippen LogP contribution in [-0.4, -0.2) is 30.6 Å². The summed E-state index contributed by atoms with van der Waals surface area (Å²) in [7, 11) is 0. The first-order chi connectivity index (χ1) is 14.5. The van der Waals surface area contributed by atoms with Crippen LogP contribution in [0.15, 0.2) is 79.0 Å². The first kappa shape index (κ1) is 19.9. The van der Waals surface area contributed by atoms with Crippen LogP contribution in [0.4, 0.5) is 0 Å². The lowest BCUT2D eigenvalue weighted by Gasteiger charge is -2.23. The van der Waals surface area contributed by atoms with Crippen LogP contribution in [0.1, 0.15) is 24.0 Å². The molecule has 0 saturated heterocycles. The Morgan fingerprint density at radius 2 is 1.20 bits per heavy atom. The molecule has 5 heteroatoms. The number of aromatic nitrogens is 4. The van der Waals surface area contributed by atoms with Crippen molar-refractivity contribution in [2.75, 3.05) is 0 Å². The first-order valence-electron chi connectivity index (χ1n) is 9.98. The Bertz CT molecular complexity index is 1140. The van der Waals surface area contributed by atoms with Crippen molar-refractivity contribution in [1.82, 2.24) is 19.9 Å². The van der Waals surface area contributed by atoms with Crippen LogP contribution in [-0.2, 0) is 12.8 Å². The van der Waals surface area contributed by atoms with Crippen molar-refractivity contribution in [3.05, 3.63) is 96.1 Å². The number of rotatable bonds is 6. The Labute approximate surface area is 176 Å². The number of hydrogen-bond acceptors (Lipinski definition) is 5. The quantitative estimate of drug-likeness (QED) is 0.521. The van der Waals surface area contributed by atoms with E-state index in [4.69, 9.17) is 9.97 Å². The average molecular weight is 396 g/mol. The van der Waals surface area contributed by atoms with Gasteiger partial charge in [-0.1, -0.05) is 24.3 Å². The molecule has 0 aliphatic heterocycles. The zero-order valence-corrected chi connectivity index (χ0v) is 17.2. The summed E-state index contributed by atoms with van der Waals surface area (Å²) in [6.45, 7) is 3.78. The number of hydrogen-bond donors (Lipinski definition) is 1. The zero-order valence-electron chi connectivity index (χ0n) is 17.2. The van der Waals surface area contributed by atoms with Gasteiger partial charge in [-0.3, -0.25) is 19.9 Å². The Kier molecular flexibility index (Phi) is 5.63. The molecule has 1 unspecified atom stereocenters. The van der Waals surface area contributed by atoms with E-state index in [0.29, 0.717) is 12.8 Å². The molecule has 0 bridgehead atoms. The van der Waals surface area contributed by atoms with Gasteiger partial charge in [-0.2, -0.15) is 0 Å². The van der Waals surface area contributed by atoms with Gasteiger partial charge >= 0.3 is 0 Å². The fraction of sp³-hybridized carbons (Fsp3) is 0.200. The largest absolute Gasteiger partial charge is 0.389 e. The molecule has 1 atom stereocenters. The maximum atomic E-state index is 11.1. The molecule has 150 valence electrons. The summed E-state index contributed by atoms with van der Waals surface area (Å²) in [4.78, 5) is 18.3. The Morgan fingerprint density at radius 1 is 0.667 bits per heavy atom. The molecule has 4 rings (SSSR count). The van der Waals surface area contributed by atoms with Crippen LogP contribution < -0.4 is 0 Å². The van der Waals surface area contributed by atoms with Crippen molar-refractivity contribution in [1.29, 1.82) is 0 Å². The van der Waals surface area contributed by atoms with E-state index in [1.807, 2.05) is 86.6 Å². The van der Waals surface area contributed by atoms with Crippen LogP contribution >= 0.6 is 0 Å². The van der Waals surface area contributed by atoms with E-state index in [1.54, 1.807) is 6.20 Å². The number of nitrogens with zero attached hydrogens (tertiary/aromatic N) is 4. The summed E-state index contributed by atoms with van der Waals surface area (Å²) < 4.78 is 0. The van der Waals surface area contributed by atoms with Gasteiger partial charge in [0.05, 0.1) is 28.4 Å². The van der Waals surface area contributed by atoms with Gasteiger partial charge in [0.1, 0.15) is 0 Å². The highest BCUT2D eigenvalue weighted by molar-refractivity contribution is 5.54. The molecular formula is C25H24N4O. The smallest absolute Gasteiger partial charge is 0.0889 e. The number of aliphatic hydroxyl groups is 1. The van der Waals surface area contributed by atoms with Crippen LogP contribution in [0.5, 0.6) is 0 Å². The second kappa shape index (κ2) is 8.51. The van der Waals surface area contributed by atoms with Gasteiger partial charge in [0, 0.05) is 36.1 Å². The summed E-state index contributed by atoms with van der Waals surface area (Å²) in [6, 6.07) is 23.3. The molecule has 4 heterocycles. The van der Waals surface area contributed by atoms with Crippen molar-refractivity contribution in [2.24, 2.45) is 0 Å². The lowest BCUT2D eigenvalue weighted by Crippen LogP contribution is -2.31. The second-order valence-corrected chi connectivity index (χ2v) is 7.76. The van der Waals surface area contributed by atoms with Crippen molar-refractivity contribution < 1.29 is 5.11 Å². The van der Waals surface area contributed by atoms with Gasteiger partial charge in [0.15, 0.2) is 0 Å². The second-order valence-electron chi connectivity index (χ2n) is 7.76. The summed E-state index contributed by atoms with van der Waals surface area (Å²) in [5.41, 5.74) is 4.87. The van der Waals surface area contributed by atoms with Crippen LogP contribution in [0.2, 0.25) is 0 Å². The third-order valence-electron chi connectivity index (χ3n) is 4.82. The predicted molar refractivity (Wildman–Crippen MR) is 118 cm³/mol. The highest BCUT2D eigenvalue weighted by Crippen LogP contribution is 2.22. The van der Waals surface area contributed by atoms with Crippen LogP contribution in [0, 0.1) is 6.92 Å². The zero-order chi connectivity index (χ0) is 21.0. The summed E-state index contributed by atoms with van der Waals surface area (Å²) in [6.07, 6.45) is 2.59. The van der Waals surface area contributed by atoms with Gasteiger partial charge in [0.25, 0.3) is 0 Å². The molecule has 4 aromatic heterocycles. The van der Waals surface area contributed by atoms with Crippen LogP contribution in [0.3, 0.4) is 0 Å². The third-order valence-corrected chi connectivity index (χ3v) is 4.82. The predicted octanol–water partition coefficient (Wildman–Crippen LogP) is 4.45. The van der Waals surface area contributed by atoms with E-state index in [2.05, 4.69) is 9.97 Å². The van der Waals surface area contributed by atoms with Crippen molar-refractivity contribution >= 4 is 0 Å². The van der Waals surface area contributed by atoms with E-state index in [-0.39, 0.29) is 0 Å². The minimum atomic E-state index is -0.985. The molecule has 5 nitrogen and oxygen atoms in total. The molecule has 4 aromatic rings. The SMILES string of the molecule is Cc1cccc(-c2cccc(CC(C)(O)Cc3cccc(-c4ccccn4)n3)n2)n1. The molecule has 0 saturated carbocycles. The molecule has 30 heavy (non-hydrogen) atoms. The molecule has 0 spiro atoms. The van der Waals surface area contributed by atoms with E-state index < -0.39 is 5.60 Å². The molecule has 0 aromatic carbocycles. The van der Waals surface area contributed by atoms with Gasteiger partial charge in [-0.15, -0.1) is 0 Å². The standard InChI is InChI=1S/C25H24N4O/c1-18-8-5-12-23(27-18)24-14-7-10-20(29-24)17-25(2,30)16-19-9-6-13-22(28-19)21-11-3-4-15-26-21/h3-15,30H,16-17H2,1-2H3. The van der Waals surface area contributed by atoms with Gasteiger partial charge in [0.2, 0.25) is 0 Å². The Balaban J connectivity index is 1.52. The lowest BCUT2D eigenvalue weighted by molar-refractivity contribution is 0.0589. The van der Waals surface area contributed by atoms with Crippen molar-refractivity contribution in [2.45, 2.75) is 32.3 Å². The van der Waals surface area contributed by atoms with Crippen molar-refractivity contribution in [3.63, 3.8) is 0 Å². The summed E-state index contributed by atoms with van der Waals surface area (Å²) in [5.74, 6) is 0. The molecule has 0 amide bonds. The number of aryl methyl sites for hydroxylation is 1. The maximum absolute atomic E-state index is 11.1. The third kappa shape index (κ3) is 4.93. The fourth-order valence-electron chi connectivity index (χ4n) is 3.48. The minimum Gasteiger partial charge on any atom is -0.389 e. The summed E-state index contributed by atoms with van der Waals surface area (Å²) >= 11 is 0. The minimum absolute atomic E-state index is 0.419. The molecule has 0 aliphatic rings. The topological polar surface area (TPSA) is 71.8 Å². The van der Waals surface area contributed by atoms with Gasteiger partial charge in [-0.05, 0) is 62.4 Å². The average Bonchev–Trinajstić information content (AvgIpc) is 2.74. The fourth-order valence-corrected chi connectivity index (χ4v) is 3.48. The normalized spacial score (nSPS) is 13.0. The molecule has 1 N–H and O–H groups in total. The summed E-state index contributed by atoms with van der Waals surface area (Å²) in [5, 5.41) is 11.1. The highest BCUT2D eigenvalue weighted by atomic mass is 16.3. The van der Waals surface area contributed by atoms with E-state index in [9.17, 15) is 5.11 Å². The van der Waals surface area contributed by atoms with E-state index >= 15 is 0 Å². The van der Waals surface area contributed by atoms with Gasteiger partial charge < -0.3 is 5.11 Å². The number of pyridine rings is 4. The van der Waals surface area contributed by atoms with Gasteiger partial charge in [-0.25, -0.2) is 0 Å². The molecule has 0 radical (unpaired) electrons. The Hall–Kier alpha value is -3.44. The lowest BCUT2D eigenvalue weighted by atomic mass is 9.93. The van der Waals surface area contributed by atoms with E-state index in [1.165, 1.54) is 0 Å². The van der Waals surface area contributed by atoms with Crippen LogP contribution in [0.25, 0.3) is 22.8 Å². The molecule has 0 aliphatic carbocycles. The molecular weight excluding hydrogens is 372 g/mol. The molecule has 0 fully saturated rings. The van der Waals surface area contributed by atoms with E-state index in [0.717, 1.165) is 39.9 Å². The monoisotopic (exact) mass is 396 g/mol.